The largest absolute Gasteiger partial charge is 0.315 e. The molecule has 0 N–H and O–H groups in total. The number of carbonyl (C=O) groups is 1. The van der Waals surface area contributed by atoms with Crippen LogP contribution in [0.5, 0.6) is 0 Å². The summed E-state index contributed by atoms with van der Waals surface area (Å²) in [5.74, 6) is 0.184. The Kier molecular flexibility index (Phi) is 2.93. The maximum Gasteiger partial charge on any atom is 0.227 e. The molecule has 0 spiro atoms. The molecule has 0 saturated heterocycles. The zero-order valence-corrected chi connectivity index (χ0v) is 12.4. The van der Waals surface area contributed by atoms with Gasteiger partial charge in [-0.1, -0.05) is 30.3 Å². The molecule has 0 saturated carbocycles. The molecular formula is C19H16N2O. The van der Waals surface area contributed by atoms with Crippen molar-refractivity contribution in [2.24, 2.45) is 0 Å². The number of nitrogens with zero attached hydrogens (tertiary/aromatic N) is 2. The molecule has 108 valence electrons. The molecule has 2 heterocycles. The summed E-state index contributed by atoms with van der Waals surface area (Å²) in [6, 6.07) is 18.5. The van der Waals surface area contributed by atoms with Crippen LogP contribution in [0.2, 0.25) is 0 Å². The number of aromatic nitrogens is 1. The molecule has 1 amide bonds. The summed E-state index contributed by atoms with van der Waals surface area (Å²) in [4.78, 5) is 18.3. The number of pyridine rings is 1. The second-order valence-electron chi connectivity index (χ2n) is 5.69. The van der Waals surface area contributed by atoms with Crippen molar-refractivity contribution in [2.45, 2.75) is 12.8 Å². The normalized spacial score (nSPS) is 14.2. The van der Waals surface area contributed by atoms with Gasteiger partial charge in [-0.25, -0.2) is 4.98 Å². The average Bonchev–Trinajstić information content (AvgIpc) is 2.57. The van der Waals surface area contributed by atoms with Crippen LogP contribution in [0, 0.1) is 0 Å². The fraction of sp³-hybridized carbons (Fsp3) is 0.158. The van der Waals surface area contributed by atoms with Crippen LogP contribution in [0.1, 0.15) is 12.0 Å². The molecule has 0 radical (unpaired) electrons. The lowest BCUT2D eigenvalue weighted by molar-refractivity contribution is -0.118. The predicted molar refractivity (Wildman–Crippen MR) is 88.9 cm³/mol. The molecule has 0 atom stereocenters. The van der Waals surface area contributed by atoms with E-state index in [9.17, 15) is 4.79 Å². The molecular weight excluding hydrogens is 272 g/mol. The van der Waals surface area contributed by atoms with Gasteiger partial charge in [0.15, 0.2) is 0 Å². The zero-order chi connectivity index (χ0) is 15.1. The van der Waals surface area contributed by atoms with Crippen molar-refractivity contribution in [3.63, 3.8) is 0 Å². The summed E-state index contributed by atoms with van der Waals surface area (Å²) in [5.41, 5.74) is 5.31. The number of amides is 1. The Bertz CT molecular complexity index is 885. The SMILES string of the molecule is CN1C(=O)CCc2cc(-c3ccc4ccccc4n3)ccc21. The Morgan fingerprint density at radius 3 is 2.77 bits per heavy atom. The molecule has 3 aromatic rings. The van der Waals surface area contributed by atoms with E-state index in [1.165, 1.54) is 5.56 Å². The van der Waals surface area contributed by atoms with Gasteiger partial charge in [-0.05, 0) is 36.2 Å². The molecule has 4 rings (SSSR count). The Balaban J connectivity index is 1.80. The van der Waals surface area contributed by atoms with E-state index in [1.54, 1.807) is 4.90 Å². The zero-order valence-electron chi connectivity index (χ0n) is 12.4. The summed E-state index contributed by atoms with van der Waals surface area (Å²) in [6.45, 7) is 0. The van der Waals surface area contributed by atoms with Crippen molar-refractivity contribution in [1.82, 2.24) is 4.98 Å². The van der Waals surface area contributed by atoms with Gasteiger partial charge < -0.3 is 4.90 Å². The van der Waals surface area contributed by atoms with Crippen LogP contribution in [0.25, 0.3) is 22.2 Å². The molecule has 1 aliphatic rings. The minimum atomic E-state index is 0.184. The standard InChI is InChI=1S/C19H16N2O/c1-21-18-10-7-14(12-15(18)8-11-19(21)22)17-9-6-13-4-2-3-5-16(13)20-17/h2-7,9-10,12H,8,11H2,1H3. The second-order valence-corrected chi connectivity index (χ2v) is 5.69. The van der Waals surface area contributed by atoms with Gasteiger partial charge in [0, 0.05) is 30.1 Å². The van der Waals surface area contributed by atoms with Crippen LogP contribution < -0.4 is 4.90 Å². The first kappa shape index (κ1) is 13.0. The van der Waals surface area contributed by atoms with E-state index in [2.05, 4.69) is 24.3 Å². The second kappa shape index (κ2) is 4.95. The van der Waals surface area contributed by atoms with Gasteiger partial charge in [-0.15, -0.1) is 0 Å². The van der Waals surface area contributed by atoms with Crippen LogP contribution in [0.15, 0.2) is 54.6 Å². The fourth-order valence-electron chi connectivity index (χ4n) is 3.04. The monoisotopic (exact) mass is 288 g/mol. The van der Waals surface area contributed by atoms with Crippen LogP contribution in [0.4, 0.5) is 5.69 Å². The summed E-state index contributed by atoms with van der Waals surface area (Å²) in [7, 11) is 1.84. The molecule has 22 heavy (non-hydrogen) atoms. The highest BCUT2D eigenvalue weighted by Crippen LogP contribution is 2.31. The van der Waals surface area contributed by atoms with E-state index < -0.39 is 0 Å². The molecule has 3 nitrogen and oxygen atoms in total. The molecule has 2 aromatic carbocycles. The maximum absolute atomic E-state index is 11.8. The van der Waals surface area contributed by atoms with Gasteiger partial charge in [-0.2, -0.15) is 0 Å². The number of fused-ring (bicyclic) bond motifs is 2. The highest BCUT2D eigenvalue weighted by Gasteiger charge is 2.21. The smallest absolute Gasteiger partial charge is 0.227 e. The third-order valence-corrected chi connectivity index (χ3v) is 4.32. The number of carbonyl (C=O) groups excluding carboxylic acids is 1. The summed E-state index contributed by atoms with van der Waals surface area (Å²) in [6.07, 6.45) is 1.39. The van der Waals surface area contributed by atoms with Gasteiger partial charge in [-0.3, -0.25) is 4.79 Å². The van der Waals surface area contributed by atoms with Gasteiger partial charge in [0.05, 0.1) is 11.2 Å². The molecule has 0 bridgehead atoms. The Labute approximate surface area is 129 Å². The summed E-state index contributed by atoms with van der Waals surface area (Å²) in [5, 5.41) is 1.15. The Morgan fingerprint density at radius 1 is 1.00 bits per heavy atom. The predicted octanol–water partition coefficient (Wildman–Crippen LogP) is 3.81. The summed E-state index contributed by atoms with van der Waals surface area (Å²) >= 11 is 0. The van der Waals surface area contributed by atoms with Crippen molar-refractivity contribution in [1.29, 1.82) is 0 Å². The number of anilines is 1. The lowest BCUT2D eigenvalue weighted by Gasteiger charge is -2.26. The number of hydrogen-bond donors (Lipinski definition) is 0. The van der Waals surface area contributed by atoms with E-state index in [-0.39, 0.29) is 5.91 Å². The van der Waals surface area contributed by atoms with E-state index in [0.29, 0.717) is 6.42 Å². The molecule has 1 aliphatic heterocycles. The van der Waals surface area contributed by atoms with Crippen molar-refractivity contribution in [3.05, 3.63) is 60.2 Å². The lowest BCUT2D eigenvalue weighted by Crippen LogP contribution is -2.30. The molecule has 0 aliphatic carbocycles. The fourth-order valence-corrected chi connectivity index (χ4v) is 3.04. The Hall–Kier alpha value is -2.68. The maximum atomic E-state index is 11.8. The van der Waals surface area contributed by atoms with E-state index in [1.807, 2.05) is 37.4 Å². The third-order valence-electron chi connectivity index (χ3n) is 4.32. The van der Waals surface area contributed by atoms with E-state index >= 15 is 0 Å². The number of rotatable bonds is 1. The summed E-state index contributed by atoms with van der Waals surface area (Å²) < 4.78 is 0. The van der Waals surface area contributed by atoms with Crippen LogP contribution >= 0.6 is 0 Å². The molecule has 1 aromatic heterocycles. The first-order chi connectivity index (χ1) is 10.7. The van der Waals surface area contributed by atoms with Gasteiger partial charge in [0.2, 0.25) is 5.91 Å². The van der Waals surface area contributed by atoms with Gasteiger partial charge >= 0.3 is 0 Å². The third kappa shape index (κ3) is 2.06. The van der Waals surface area contributed by atoms with Crippen molar-refractivity contribution in [2.75, 3.05) is 11.9 Å². The van der Waals surface area contributed by atoms with Crippen LogP contribution in [-0.4, -0.2) is 17.9 Å². The highest BCUT2D eigenvalue weighted by molar-refractivity contribution is 5.96. The van der Waals surface area contributed by atoms with Crippen LogP contribution in [-0.2, 0) is 11.2 Å². The van der Waals surface area contributed by atoms with Gasteiger partial charge in [0.25, 0.3) is 0 Å². The number of aryl methyl sites for hydroxylation is 1. The van der Waals surface area contributed by atoms with Crippen molar-refractivity contribution >= 4 is 22.5 Å². The number of hydrogen-bond acceptors (Lipinski definition) is 2. The lowest BCUT2D eigenvalue weighted by atomic mass is 9.97. The minimum Gasteiger partial charge on any atom is -0.315 e. The number of para-hydroxylation sites is 1. The minimum absolute atomic E-state index is 0.184. The molecule has 0 unspecified atom stereocenters. The van der Waals surface area contributed by atoms with E-state index in [4.69, 9.17) is 4.98 Å². The number of benzene rings is 2. The average molecular weight is 288 g/mol. The highest BCUT2D eigenvalue weighted by atomic mass is 16.2. The Morgan fingerprint density at radius 2 is 1.86 bits per heavy atom. The topological polar surface area (TPSA) is 33.2 Å². The van der Waals surface area contributed by atoms with Crippen molar-refractivity contribution < 1.29 is 4.79 Å². The quantitative estimate of drug-likeness (QED) is 0.682. The van der Waals surface area contributed by atoms with Crippen LogP contribution in [0.3, 0.4) is 0 Å². The van der Waals surface area contributed by atoms with Gasteiger partial charge in [0.1, 0.15) is 0 Å². The first-order valence-corrected chi connectivity index (χ1v) is 7.48. The molecule has 3 heteroatoms. The molecule has 0 fully saturated rings. The first-order valence-electron chi connectivity index (χ1n) is 7.48. The van der Waals surface area contributed by atoms with E-state index in [0.717, 1.165) is 34.3 Å². The van der Waals surface area contributed by atoms with Crippen molar-refractivity contribution in [3.8, 4) is 11.3 Å².